The van der Waals surface area contributed by atoms with Gasteiger partial charge in [0.1, 0.15) is 0 Å². The van der Waals surface area contributed by atoms with Gasteiger partial charge in [-0.3, -0.25) is 0 Å². The fraction of sp³-hybridized carbons (Fsp3) is 1.00. The molecule has 0 aliphatic carbocycles. The lowest BCUT2D eigenvalue weighted by atomic mass is 9.84. The third-order valence-electron chi connectivity index (χ3n) is 2.88. The fourth-order valence-corrected chi connectivity index (χ4v) is 4.10. The molecule has 0 bridgehead atoms. The van der Waals surface area contributed by atoms with E-state index in [4.69, 9.17) is 10.5 Å². The van der Waals surface area contributed by atoms with Crippen molar-refractivity contribution in [2.24, 2.45) is 11.1 Å². The molecule has 4 nitrogen and oxygen atoms in total. The third kappa shape index (κ3) is 2.93. The summed E-state index contributed by atoms with van der Waals surface area (Å²) in [7, 11) is -2.84. The highest BCUT2D eigenvalue weighted by molar-refractivity contribution is 7.91. The highest BCUT2D eigenvalue weighted by atomic mass is 32.2. The molecule has 1 rings (SSSR count). The molecule has 0 aromatic rings. The molecule has 0 amide bonds. The third-order valence-corrected chi connectivity index (χ3v) is 4.76. The Morgan fingerprint density at radius 3 is 2.64 bits per heavy atom. The SMILES string of the molecule is CCOCCC1(CN)CCS(=O)(=O)C1. The van der Waals surface area contributed by atoms with Crippen LogP contribution in [0.5, 0.6) is 0 Å². The Balaban J connectivity index is 2.52. The van der Waals surface area contributed by atoms with Gasteiger partial charge in [-0.05, 0) is 31.7 Å². The van der Waals surface area contributed by atoms with E-state index in [0.29, 0.717) is 26.2 Å². The van der Waals surface area contributed by atoms with E-state index in [-0.39, 0.29) is 16.9 Å². The molecule has 1 unspecified atom stereocenters. The van der Waals surface area contributed by atoms with Crippen LogP contribution >= 0.6 is 0 Å². The molecule has 0 aromatic carbocycles. The van der Waals surface area contributed by atoms with Gasteiger partial charge in [0, 0.05) is 13.2 Å². The quantitative estimate of drug-likeness (QED) is 0.672. The van der Waals surface area contributed by atoms with Gasteiger partial charge in [0.05, 0.1) is 11.5 Å². The zero-order valence-electron chi connectivity index (χ0n) is 8.66. The van der Waals surface area contributed by atoms with Crippen LogP contribution in [0.2, 0.25) is 0 Å². The number of hydrogen-bond donors (Lipinski definition) is 1. The van der Waals surface area contributed by atoms with E-state index in [9.17, 15) is 8.42 Å². The number of hydrogen-bond acceptors (Lipinski definition) is 4. The van der Waals surface area contributed by atoms with Crippen LogP contribution in [-0.4, -0.2) is 39.7 Å². The molecule has 0 aromatic heterocycles. The second-order valence-electron chi connectivity index (χ2n) is 3.99. The Kier molecular flexibility index (Phi) is 3.92. The first-order chi connectivity index (χ1) is 6.54. The average Bonchev–Trinajstić information content (AvgIpc) is 2.44. The van der Waals surface area contributed by atoms with E-state index in [1.165, 1.54) is 0 Å². The molecule has 0 saturated carbocycles. The van der Waals surface area contributed by atoms with Crippen LogP contribution < -0.4 is 5.73 Å². The van der Waals surface area contributed by atoms with Gasteiger partial charge in [-0.25, -0.2) is 8.42 Å². The van der Waals surface area contributed by atoms with Crippen LogP contribution in [0, 0.1) is 5.41 Å². The summed E-state index contributed by atoms with van der Waals surface area (Å²) in [5.41, 5.74) is 5.44. The summed E-state index contributed by atoms with van der Waals surface area (Å²) < 4.78 is 27.9. The minimum atomic E-state index is -2.84. The van der Waals surface area contributed by atoms with Crippen molar-refractivity contribution in [1.82, 2.24) is 0 Å². The largest absolute Gasteiger partial charge is 0.382 e. The first kappa shape index (κ1) is 11.9. The molecule has 5 heteroatoms. The molecular formula is C9H19NO3S. The van der Waals surface area contributed by atoms with E-state index in [0.717, 1.165) is 6.42 Å². The summed E-state index contributed by atoms with van der Waals surface area (Å²) in [5, 5.41) is 0. The summed E-state index contributed by atoms with van der Waals surface area (Å²) in [4.78, 5) is 0. The monoisotopic (exact) mass is 221 g/mol. The smallest absolute Gasteiger partial charge is 0.150 e. The average molecular weight is 221 g/mol. The van der Waals surface area contributed by atoms with Crippen LogP contribution in [0.1, 0.15) is 19.8 Å². The summed E-state index contributed by atoms with van der Waals surface area (Å²) in [6.45, 7) is 3.66. The molecule has 1 aliphatic heterocycles. The Morgan fingerprint density at radius 2 is 2.21 bits per heavy atom. The van der Waals surface area contributed by atoms with Crippen molar-refractivity contribution in [3.63, 3.8) is 0 Å². The molecule has 1 atom stereocenters. The Bertz CT molecular complexity index is 276. The zero-order valence-corrected chi connectivity index (χ0v) is 9.48. The molecule has 1 heterocycles. The van der Waals surface area contributed by atoms with Crippen molar-refractivity contribution in [1.29, 1.82) is 0 Å². The van der Waals surface area contributed by atoms with Gasteiger partial charge in [-0.1, -0.05) is 0 Å². The van der Waals surface area contributed by atoms with E-state index in [1.54, 1.807) is 0 Å². The normalized spacial score (nSPS) is 30.7. The van der Waals surface area contributed by atoms with E-state index in [1.807, 2.05) is 6.92 Å². The van der Waals surface area contributed by atoms with Crippen molar-refractivity contribution in [3.05, 3.63) is 0 Å². The highest BCUT2D eigenvalue weighted by Crippen LogP contribution is 2.34. The molecule has 14 heavy (non-hydrogen) atoms. The van der Waals surface area contributed by atoms with E-state index in [2.05, 4.69) is 0 Å². The Morgan fingerprint density at radius 1 is 1.50 bits per heavy atom. The molecule has 0 spiro atoms. The molecule has 2 N–H and O–H groups in total. The predicted octanol–water partition coefficient (Wildman–Crippen LogP) is 0.177. The van der Waals surface area contributed by atoms with Crippen molar-refractivity contribution < 1.29 is 13.2 Å². The van der Waals surface area contributed by atoms with Gasteiger partial charge < -0.3 is 10.5 Å². The lowest BCUT2D eigenvalue weighted by Crippen LogP contribution is -2.33. The minimum absolute atomic E-state index is 0.214. The van der Waals surface area contributed by atoms with Gasteiger partial charge in [0.2, 0.25) is 0 Å². The minimum Gasteiger partial charge on any atom is -0.382 e. The maximum atomic E-state index is 11.3. The molecule has 1 saturated heterocycles. The van der Waals surface area contributed by atoms with Crippen LogP contribution in [0.3, 0.4) is 0 Å². The number of rotatable bonds is 5. The van der Waals surface area contributed by atoms with Gasteiger partial charge in [-0.2, -0.15) is 0 Å². The van der Waals surface area contributed by atoms with Gasteiger partial charge in [0.15, 0.2) is 9.84 Å². The van der Waals surface area contributed by atoms with Crippen LogP contribution in [0.4, 0.5) is 0 Å². The first-order valence-electron chi connectivity index (χ1n) is 5.02. The number of ether oxygens (including phenoxy) is 1. The number of sulfone groups is 1. The van der Waals surface area contributed by atoms with E-state index >= 15 is 0 Å². The molecule has 1 aliphatic rings. The summed E-state index contributed by atoms with van der Waals surface area (Å²) in [5.74, 6) is 0.528. The van der Waals surface area contributed by atoms with E-state index < -0.39 is 9.84 Å². The first-order valence-corrected chi connectivity index (χ1v) is 6.84. The van der Waals surface area contributed by atoms with Gasteiger partial charge >= 0.3 is 0 Å². The lowest BCUT2D eigenvalue weighted by Gasteiger charge is -2.25. The highest BCUT2D eigenvalue weighted by Gasteiger charge is 2.40. The zero-order chi connectivity index (χ0) is 10.7. The number of nitrogens with two attached hydrogens (primary N) is 1. The molecule has 84 valence electrons. The van der Waals surface area contributed by atoms with Gasteiger partial charge in [-0.15, -0.1) is 0 Å². The Hall–Kier alpha value is -0.130. The van der Waals surface area contributed by atoms with Crippen molar-refractivity contribution >= 4 is 9.84 Å². The Labute approximate surface area is 85.7 Å². The second-order valence-corrected chi connectivity index (χ2v) is 6.18. The summed E-state index contributed by atoms with van der Waals surface area (Å²) >= 11 is 0. The molecule has 1 fully saturated rings. The second kappa shape index (κ2) is 4.59. The van der Waals surface area contributed by atoms with Gasteiger partial charge in [0.25, 0.3) is 0 Å². The van der Waals surface area contributed by atoms with Crippen molar-refractivity contribution in [2.45, 2.75) is 19.8 Å². The maximum Gasteiger partial charge on any atom is 0.150 e. The van der Waals surface area contributed by atoms with Crippen LogP contribution in [0.15, 0.2) is 0 Å². The topological polar surface area (TPSA) is 69.4 Å². The van der Waals surface area contributed by atoms with Crippen molar-refractivity contribution in [2.75, 3.05) is 31.3 Å². The molecular weight excluding hydrogens is 202 g/mol. The molecule has 0 radical (unpaired) electrons. The fourth-order valence-electron chi connectivity index (χ4n) is 1.88. The summed E-state index contributed by atoms with van der Waals surface area (Å²) in [6.07, 6.45) is 1.45. The summed E-state index contributed by atoms with van der Waals surface area (Å²) in [6, 6.07) is 0. The lowest BCUT2D eigenvalue weighted by molar-refractivity contribution is 0.113. The predicted molar refractivity (Wildman–Crippen MR) is 55.9 cm³/mol. The van der Waals surface area contributed by atoms with Crippen molar-refractivity contribution in [3.8, 4) is 0 Å². The maximum absolute atomic E-state index is 11.3. The van der Waals surface area contributed by atoms with Crippen LogP contribution in [-0.2, 0) is 14.6 Å². The van der Waals surface area contributed by atoms with Crippen LogP contribution in [0.25, 0.3) is 0 Å². The standard InChI is InChI=1S/C9H19NO3S/c1-2-13-5-3-9(7-10)4-6-14(11,12)8-9/h2-8,10H2,1H3.